The maximum atomic E-state index is 11.7. The van der Waals surface area contributed by atoms with Crippen molar-refractivity contribution in [3.8, 4) is 11.5 Å². The third-order valence-electron chi connectivity index (χ3n) is 2.96. The fourth-order valence-corrected chi connectivity index (χ4v) is 1.96. The van der Waals surface area contributed by atoms with Crippen LogP contribution in [0.4, 0.5) is 4.79 Å². The Morgan fingerprint density at radius 1 is 1.33 bits per heavy atom. The summed E-state index contributed by atoms with van der Waals surface area (Å²) in [6.07, 6.45) is -1.43. The lowest BCUT2D eigenvalue weighted by molar-refractivity contribution is 0.0435. The van der Waals surface area contributed by atoms with E-state index in [1.54, 1.807) is 45.9 Å². The van der Waals surface area contributed by atoms with Crippen LogP contribution in [0.15, 0.2) is 18.2 Å². The quantitative estimate of drug-likeness (QED) is 0.895. The topological polar surface area (TPSA) is 77.0 Å². The van der Waals surface area contributed by atoms with Crippen LogP contribution in [0, 0.1) is 0 Å². The first-order valence-electron chi connectivity index (χ1n) is 6.83. The van der Waals surface area contributed by atoms with Crippen molar-refractivity contribution >= 4 is 6.09 Å². The van der Waals surface area contributed by atoms with Crippen LogP contribution in [0.25, 0.3) is 0 Å². The van der Waals surface area contributed by atoms with Crippen LogP contribution in [-0.2, 0) is 4.74 Å². The Hall–Kier alpha value is -1.95. The third-order valence-corrected chi connectivity index (χ3v) is 2.96. The Morgan fingerprint density at radius 2 is 2.00 bits per heavy atom. The fourth-order valence-electron chi connectivity index (χ4n) is 1.96. The zero-order chi connectivity index (χ0) is 15.6. The van der Waals surface area contributed by atoms with Gasteiger partial charge in [0, 0.05) is 0 Å². The van der Waals surface area contributed by atoms with Gasteiger partial charge in [-0.2, -0.15) is 0 Å². The lowest BCUT2D eigenvalue weighted by Crippen LogP contribution is -2.40. The van der Waals surface area contributed by atoms with Gasteiger partial charge < -0.3 is 24.6 Å². The largest absolute Gasteiger partial charge is 0.454 e. The maximum absolute atomic E-state index is 11.7. The van der Waals surface area contributed by atoms with Crippen LogP contribution in [0.1, 0.15) is 39.4 Å². The molecule has 1 aliphatic rings. The molecule has 1 aliphatic heterocycles. The molecule has 0 spiro atoms. The summed E-state index contributed by atoms with van der Waals surface area (Å²) in [5.41, 5.74) is 0.0656. The number of benzene rings is 1. The number of aliphatic hydroxyl groups excluding tert-OH is 1. The normalized spacial score (nSPS) is 16.2. The molecule has 1 aromatic rings. The second-order valence-electron chi connectivity index (χ2n) is 5.99. The molecule has 0 bridgehead atoms. The molecule has 2 N–H and O–H groups in total. The number of hydrogen-bond acceptors (Lipinski definition) is 5. The second kappa shape index (κ2) is 5.81. The predicted molar refractivity (Wildman–Crippen MR) is 76.4 cm³/mol. The molecular weight excluding hydrogens is 274 g/mol. The van der Waals surface area contributed by atoms with E-state index in [1.165, 1.54) is 0 Å². The van der Waals surface area contributed by atoms with Gasteiger partial charge in [-0.3, -0.25) is 0 Å². The molecule has 1 aromatic carbocycles. The minimum Gasteiger partial charge on any atom is -0.454 e. The van der Waals surface area contributed by atoms with Crippen molar-refractivity contribution in [1.29, 1.82) is 0 Å². The number of fused-ring (bicyclic) bond motifs is 1. The number of aliphatic hydroxyl groups is 1. The first-order chi connectivity index (χ1) is 9.76. The molecule has 2 atom stereocenters. The number of nitrogens with one attached hydrogen (secondary N) is 1. The molecular formula is C15H21NO5. The number of ether oxygens (including phenoxy) is 3. The lowest BCUT2D eigenvalue weighted by atomic mass is 10.0. The summed E-state index contributed by atoms with van der Waals surface area (Å²) >= 11 is 0. The molecule has 0 unspecified atom stereocenters. The highest BCUT2D eigenvalue weighted by Gasteiger charge is 2.24. The van der Waals surface area contributed by atoms with E-state index in [0.717, 1.165) is 0 Å². The number of amides is 1. The number of rotatable bonds is 3. The van der Waals surface area contributed by atoms with Crippen LogP contribution < -0.4 is 14.8 Å². The van der Waals surface area contributed by atoms with Crippen LogP contribution in [0.5, 0.6) is 11.5 Å². The van der Waals surface area contributed by atoms with Crippen molar-refractivity contribution in [1.82, 2.24) is 5.32 Å². The molecule has 2 rings (SSSR count). The van der Waals surface area contributed by atoms with Crippen LogP contribution in [-0.4, -0.2) is 29.6 Å². The highest BCUT2D eigenvalue weighted by molar-refractivity contribution is 5.68. The van der Waals surface area contributed by atoms with Gasteiger partial charge in [0.15, 0.2) is 11.5 Å². The van der Waals surface area contributed by atoms with Crippen LogP contribution >= 0.6 is 0 Å². The zero-order valence-electron chi connectivity index (χ0n) is 12.7. The van der Waals surface area contributed by atoms with E-state index in [-0.39, 0.29) is 6.79 Å². The SMILES string of the molecule is C[C@H](NC(=O)OC(C)(C)C)[C@H](O)c1ccc2c(c1)OCO2. The van der Waals surface area contributed by atoms with Crippen molar-refractivity contribution in [2.24, 2.45) is 0 Å². The van der Waals surface area contributed by atoms with Crippen LogP contribution in [0.2, 0.25) is 0 Å². The van der Waals surface area contributed by atoms with Crippen molar-refractivity contribution in [3.05, 3.63) is 23.8 Å². The van der Waals surface area contributed by atoms with Gasteiger partial charge in [0.2, 0.25) is 6.79 Å². The molecule has 21 heavy (non-hydrogen) atoms. The van der Waals surface area contributed by atoms with E-state index < -0.39 is 23.8 Å². The molecule has 0 saturated carbocycles. The number of carbonyl (C=O) groups excluding carboxylic acids is 1. The van der Waals surface area contributed by atoms with E-state index in [0.29, 0.717) is 17.1 Å². The summed E-state index contributed by atoms with van der Waals surface area (Å²) < 4.78 is 15.7. The van der Waals surface area contributed by atoms with Crippen molar-refractivity contribution in [2.75, 3.05) is 6.79 Å². The van der Waals surface area contributed by atoms with Gasteiger partial charge in [-0.1, -0.05) is 6.07 Å². The average molecular weight is 295 g/mol. The van der Waals surface area contributed by atoms with Gasteiger partial charge in [-0.25, -0.2) is 4.79 Å². The monoisotopic (exact) mass is 295 g/mol. The molecule has 0 aromatic heterocycles. The Balaban J connectivity index is 1.99. The standard InChI is InChI=1S/C15H21NO5/c1-9(16-14(18)21-15(2,3)4)13(17)10-5-6-11-12(7-10)20-8-19-11/h5-7,9,13,17H,8H2,1-4H3,(H,16,18)/t9-,13-/m0/s1. The average Bonchev–Trinajstić information content (AvgIpc) is 2.82. The molecule has 6 nitrogen and oxygen atoms in total. The fraction of sp³-hybridized carbons (Fsp3) is 0.533. The third kappa shape index (κ3) is 4.01. The highest BCUT2D eigenvalue weighted by atomic mass is 16.7. The van der Waals surface area contributed by atoms with E-state index in [9.17, 15) is 9.90 Å². The van der Waals surface area contributed by atoms with Crippen molar-refractivity contribution in [3.63, 3.8) is 0 Å². The number of alkyl carbamates (subject to hydrolysis) is 1. The van der Waals surface area contributed by atoms with E-state index in [1.807, 2.05) is 0 Å². The molecule has 1 heterocycles. The van der Waals surface area contributed by atoms with Gasteiger partial charge in [0.05, 0.1) is 12.1 Å². The summed E-state index contributed by atoms with van der Waals surface area (Å²) in [6.45, 7) is 7.24. The minimum absolute atomic E-state index is 0.181. The molecule has 0 saturated heterocycles. The molecule has 0 aliphatic carbocycles. The Bertz CT molecular complexity index is 523. The summed E-state index contributed by atoms with van der Waals surface area (Å²) in [5, 5.41) is 12.9. The Morgan fingerprint density at radius 3 is 2.67 bits per heavy atom. The first kappa shape index (κ1) is 15.4. The lowest BCUT2D eigenvalue weighted by Gasteiger charge is -2.24. The van der Waals surface area contributed by atoms with Gasteiger partial charge in [-0.05, 0) is 45.4 Å². The van der Waals surface area contributed by atoms with Gasteiger partial charge in [0.25, 0.3) is 0 Å². The molecule has 0 radical (unpaired) electrons. The molecule has 0 fully saturated rings. The summed E-state index contributed by atoms with van der Waals surface area (Å²) in [6, 6.07) is 4.69. The summed E-state index contributed by atoms with van der Waals surface area (Å²) in [4.78, 5) is 11.7. The van der Waals surface area contributed by atoms with Crippen LogP contribution in [0.3, 0.4) is 0 Å². The molecule has 1 amide bonds. The highest BCUT2D eigenvalue weighted by Crippen LogP contribution is 2.34. The maximum Gasteiger partial charge on any atom is 0.407 e. The van der Waals surface area contributed by atoms with E-state index in [4.69, 9.17) is 14.2 Å². The van der Waals surface area contributed by atoms with Gasteiger partial charge in [-0.15, -0.1) is 0 Å². The first-order valence-corrected chi connectivity index (χ1v) is 6.83. The van der Waals surface area contributed by atoms with E-state index >= 15 is 0 Å². The zero-order valence-corrected chi connectivity index (χ0v) is 12.7. The number of hydrogen-bond donors (Lipinski definition) is 2. The summed E-state index contributed by atoms with van der Waals surface area (Å²) in [7, 11) is 0. The Kier molecular flexibility index (Phi) is 4.27. The van der Waals surface area contributed by atoms with Gasteiger partial charge in [0.1, 0.15) is 5.60 Å². The van der Waals surface area contributed by atoms with Gasteiger partial charge >= 0.3 is 6.09 Å². The molecule has 116 valence electrons. The Labute approximate surface area is 124 Å². The van der Waals surface area contributed by atoms with E-state index in [2.05, 4.69) is 5.32 Å². The smallest absolute Gasteiger partial charge is 0.407 e. The second-order valence-corrected chi connectivity index (χ2v) is 5.99. The predicted octanol–water partition coefficient (Wildman–Crippen LogP) is 2.36. The van der Waals surface area contributed by atoms with Crippen molar-refractivity contribution < 1.29 is 24.1 Å². The minimum atomic E-state index is -0.869. The number of carbonyl (C=O) groups is 1. The molecule has 6 heteroatoms. The summed E-state index contributed by atoms with van der Waals surface area (Å²) in [5.74, 6) is 1.25. The van der Waals surface area contributed by atoms with Crippen molar-refractivity contribution in [2.45, 2.75) is 45.4 Å².